The normalized spacial score (nSPS) is 8.89. The minimum atomic E-state index is -0.528. The fraction of sp³-hybridized carbons (Fsp3) is 0.538. The maximum absolute atomic E-state index is 10.7. The maximum Gasteiger partial charge on any atom is 0.438 e. The number of hydrogen-bond acceptors (Lipinski definition) is 5. The first-order valence-electron chi connectivity index (χ1n) is 6.53. The Morgan fingerprint density at radius 3 is 2.58 bits per heavy atom. The molecule has 2 rings (SSSR count). The number of aromatic amines is 1. The minimum absolute atomic E-state index is 0.517. The van der Waals surface area contributed by atoms with E-state index in [4.69, 9.17) is 4.74 Å². The van der Waals surface area contributed by atoms with Crippen molar-refractivity contribution in [1.82, 2.24) is 10.1 Å². The summed E-state index contributed by atoms with van der Waals surface area (Å²) in [7, 11) is 0. The molecule has 2 heterocycles. The zero-order chi connectivity index (χ0) is 14.7. The molecule has 6 heteroatoms. The van der Waals surface area contributed by atoms with Crippen LogP contribution in [0.2, 0.25) is 0 Å². The summed E-state index contributed by atoms with van der Waals surface area (Å²) >= 11 is 1.56. The second-order valence-corrected chi connectivity index (χ2v) is 3.86. The van der Waals surface area contributed by atoms with Crippen LogP contribution in [-0.2, 0) is 6.42 Å². The van der Waals surface area contributed by atoms with Gasteiger partial charge in [-0.25, -0.2) is 4.79 Å². The molecular formula is C13H22N2O3S. The van der Waals surface area contributed by atoms with E-state index in [9.17, 15) is 4.79 Å². The number of thiophene rings is 1. The van der Waals surface area contributed by atoms with Crippen molar-refractivity contribution < 1.29 is 9.26 Å². The molecule has 19 heavy (non-hydrogen) atoms. The Hall–Kier alpha value is -1.56. The highest BCUT2D eigenvalue weighted by Gasteiger charge is 2.09. The molecule has 0 bridgehead atoms. The van der Waals surface area contributed by atoms with Gasteiger partial charge in [0.25, 0.3) is 0 Å². The number of rotatable bonds is 4. The standard InChI is InChI=1S/C9H10N2O3S.2C2H6/c1-2-13-6-3-4-15-7(6)5-8-10-9(12)14-11-8;2*1-2/h3-4H,2,5H2,1H3,(H,10,11,12);2*1-2H3. The van der Waals surface area contributed by atoms with Crippen molar-refractivity contribution >= 4 is 11.3 Å². The van der Waals surface area contributed by atoms with Gasteiger partial charge in [0.05, 0.1) is 11.5 Å². The summed E-state index contributed by atoms with van der Waals surface area (Å²) in [6.07, 6.45) is 0.527. The Kier molecular flexibility index (Phi) is 9.52. The van der Waals surface area contributed by atoms with Gasteiger partial charge in [0.1, 0.15) is 5.75 Å². The van der Waals surface area contributed by atoms with Gasteiger partial charge in [-0.05, 0) is 18.4 Å². The number of H-pyrrole nitrogens is 1. The van der Waals surface area contributed by atoms with Gasteiger partial charge in [0.2, 0.25) is 0 Å². The second kappa shape index (κ2) is 10.4. The highest BCUT2D eigenvalue weighted by atomic mass is 32.1. The third-order valence-electron chi connectivity index (χ3n) is 1.82. The first kappa shape index (κ1) is 17.4. The van der Waals surface area contributed by atoms with Gasteiger partial charge >= 0.3 is 5.76 Å². The molecule has 0 radical (unpaired) electrons. The lowest BCUT2D eigenvalue weighted by molar-refractivity contribution is 0.338. The Morgan fingerprint density at radius 2 is 2.05 bits per heavy atom. The van der Waals surface area contributed by atoms with Crippen molar-refractivity contribution in [2.24, 2.45) is 0 Å². The van der Waals surface area contributed by atoms with Crippen LogP contribution in [0.15, 0.2) is 20.8 Å². The summed E-state index contributed by atoms with van der Waals surface area (Å²) in [5.74, 6) is 0.828. The maximum atomic E-state index is 10.7. The molecule has 108 valence electrons. The summed E-state index contributed by atoms with van der Waals surface area (Å²) in [5, 5.41) is 5.54. The molecule has 0 aliphatic rings. The van der Waals surface area contributed by atoms with Crippen molar-refractivity contribution in [3.63, 3.8) is 0 Å². The van der Waals surface area contributed by atoms with Crippen LogP contribution in [0.1, 0.15) is 45.3 Å². The number of nitrogens with one attached hydrogen (secondary N) is 1. The first-order valence-corrected chi connectivity index (χ1v) is 7.41. The summed E-state index contributed by atoms with van der Waals surface area (Å²) in [6.45, 7) is 10.6. The van der Waals surface area contributed by atoms with E-state index in [1.807, 2.05) is 46.1 Å². The molecule has 0 aromatic carbocycles. The highest BCUT2D eigenvalue weighted by Crippen LogP contribution is 2.26. The Balaban J connectivity index is 0.000000741. The van der Waals surface area contributed by atoms with Gasteiger partial charge in [0.15, 0.2) is 5.82 Å². The van der Waals surface area contributed by atoms with Crippen LogP contribution >= 0.6 is 11.3 Å². The predicted octanol–water partition coefficient (Wildman–Crippen LogP) is 3.47. The Morgan fingerprint density at radius 1 is 1.37 bits per heavy atom. The van der Waals surface area contributed by atoms with Crippen LogP contribution in [0.4, 0.5) is 0 Å². The number of nitrogens with zero attached hydrogens (tertiary/aromatic N) is 1. The van der Waals surface area contributed by atoms with E-state index in [1.54, 1.807) is 11.3 Å². The third-order valence-corrected chi connectivity index (χ3v) is 2.72. The zero-order valence-corrected chi connectivity index (χ0v) is 13.0. The molecule has 0 fully saturated rings. The van der Waals surface area contributed by atoms with Crippen LogP contribution in [0, 0.1) is 0 Å². The van der Waals surface area contributed by atoms with Crippen molar-refractivity contribution in [3.05, 3.63) is 32.7 Å². The quantitative estimate of drug-likeness (QED) is 0.934. The summed E-state index contributed by atoms with van der Waals surface area (Å²) in [4.78, 5) is 14.2. The van der Waals surface area contributed by atoms with Gasteiger partial charge in [0, 0.05) is 6.42 Å². The molecule has 0 atom stereocenters. The van der Waals surface area contributed by atoms with Crippen molar-refractivity contribution in [3.8, 4) is 5.75 Å². The van der Waals surface area contributed by atoms with E-state index in [1.165, 1.54) is 0 Å². The van der Waals surface area contributed by atoms with Crippen LogP contribution in [-0.4, -0.2) is 16.7 Å². The molecule has 5 nitrogen and oxygen atoms in total. The molecule has 0 aliphatic heterocycles. The van der Waals surface area contributed by atoms with E-state index < -0.39 is 5.76 Å². The zero-order valence-electron chi connectivity index (χ0n) is 12.1. The van der Waals surface area contributed by atoms with E-state index in [0.29, 0.717) is 18.9 Å². The van der Waals surface area contributed by atoms with E-state index in [2.05, 4.69) is 14.7 Å². The first-order chi connectivity index (χ1) is 9.29. The largest absolute Gasteiger partial charge is 0.493 e. The SMILES string of the molecule is CC.CC.CCOc1ccsc1Cc1noc(=O)[nH]1. The van der Waals surface area contributed by atoms with Crippen LogP contribution < -0.4 is 10.5 Å². The third kappa shape index (κ3) is 5.74. The molecule has 2 aromatic rings. The molecule has 0 amide bonds. The predicted molar refractivity (Wildman–Crippen MR) is 78.1 cm³/mol. The van der Waals surface area contributed by atoms with Crippen molar-refractivity contribution in [1.29, 1.82) is 0 Å². The molecule has 0 aliphatic carbocycles. The van der Waals surface area contributed by atoms with Gasteiger partial charge in [-0.3, -0.25) is 9.51 Å². The van der Waals surface area contributed by atoms with E-state index in [0.717, 1.165) is 10.6 Å². The lowest BCUT2D eigenvalue weighted by Crippen LogP contribution is -1.98. The van der Waals surface area contributed by atoms with Gasteiger partial charge < -0.3 is 4.74 Å². The highest BCUT2D eigenvalue weighted by molar-refractivity contribution is 7.10. The molecule has 0 unspecified atom stereocenters. The molecular weight excluding hydrogens is 264 g/mol. The summed E-state index contributed by atoms with van der Waals surface area (Å²) in [6, 6.07) is 1.90. The van der Waals surface area contributed by atoms with Crippen LogP contribution in [0.25, 0.3) is 0 Å². The molecule has 0 saturated heterocycles. The summed E-state index contributed by atoms with van der Waals surface area (Å²) < 4.78 is 9.83. The minimum Gasteiger partial charge on any atom is -0.493 e. The van der Waals surface area contributed by atoms with E-state index in [-0.39, 0.29) is 0 Å². The molecule has 1 N–H and O–H groups in total. The topological polar surface area (TPSA) is 68.1 Å². The van der Waals surface area contributed by atoms with Crippen LogP contribution in [0.3, 0.4) is 0 Å². The van der Waals surface area contributed by atoms with Gasteiger partial charge in [-0.2, -0.15) is 0 Å². The number of ether oxygens (including phenoxy) is 1. The molecule has 2 aromatic heterocycles. The lowest BCUT2D eigenvalue weighted by Gasteiger charge is -2.01. The Bertz CT molecular complexity index is 488. The second-order valence-electron chi connectivity index (χ2n) is 2.86. The van der Waals surface area contributed by atoms with Gasteiger partial charge in [-0.15, -0.1) is 11.3 Å². The van der Waals surface area contributed by atoms with Crippen molar-refractivity contribution in [2.45, 2.75) is 41.0 Å². The van der Waals surface area contributed by atoms with Crippen molar-refractivity contribution in [2.75, 3.05) is 6.61 Å². The average Bonchev–Trinajstić information content (AvgIpc) is 3.05. The summed E-state index contributed by atoms with van der Waals surface area (Å²) in [5.41, 5.74) is 0. The Labute approximate surface area is 117 Å². The molecule has 0 spiro atoms. The average molecular weight is 286 g/mol. The van der Waals surface area contributed by atoms with Crippen LogP contribution in [0.5, 0.6) is 5.75 Å². The lowest BCUT2D eigenvalue weighted by atomic mass is 10.3. The number of aromatic nitrogens is 2. The fourth-order valence-electron chi connectivity index (χ4n) is 1.23. The molecule has 0 saturated carbocycles. The van der Waals surface area contributed by atoms with Gasteiger partial charge in [-0.1, -0.05) is 32.9 Å². The number of hydrogen-bond donors (Lipinski definition) is 1. The van der Waals surface area contributed by atoms with E-state index >= 15 is 0 Å². The fourth-order valence-corrected chi connectivity index (χ4v) is 2.05. The smallest absolute Gasteiger partial charge is 0.438 e. The monoisotopic (exact) mass is 286 g/mol.